The van der Waals surface area contributed by atoms with Crippen LogP contribution in [0.4, 0.5) is 4.39 Å². The Balaban J connectivity index is 1.52. The van der Waals surface area contributed by atoms with E-state index in [0.29, 0.717) is 0 Å². The number of carboxylic acids is 1. The second-order valence-electron chi connectivity index (χ2n) is 11.1. The van der Waals surface area contributed by atoms with Crippen LogP contribution in [0, 0.1) is 5.82 Å². The fraction of sp³-hybridized carbons (Fsp3) is 0.643. The van der Waals surface area contributed by atoms with E-state index in [1.54, 1.807) is 19.9 Å². The van der Waals surface area contributed by atoms with E-state index in [1.807, 2.05) is 0 Å². The Morgan fingerprint density at radius 2 is 1.87 bits per heavy atom. The van der Waals surface area contributed by atoms with Crippen LogP contribution in [-0.2, 0) is 19.2 Å². The van der Waals surface area contributed by atoms with Gasteiger partial charge in [-0.05, 0) is 64.5 Å². The van der Waals surface area contributed by atoms with Gasteiger partial charge in [-0.2, -0.15) is 0 Å². The van der Waals surface area contributed by atoms with Crippen LogP contribution in [0.2, 0.25) is 0 Å². The summed E-state index contributed by atoms with van der Waals surface area (Å²) < 4.78 is 14.1. The summed E-state index contributed by atoms with van der Waals surface area (Å²) in [6, 6.07) is 3.95. The van der Waals surface area contributed by atoms with Gasteiger partial charge in [-0.3, -0.25) is 9.59 Å². The highest BCUT2D eigenvalue weighted by Gasteiger charge is 2.64. The number of fused-ring (bicyclic) bond motifs is 1. The minimum atomic E-state index is -1.08. The van der Waals surface area contributed by atoms with Crippen molar-refractivity contribution in [1.82, 2.24) is 10.2 Å². The van der Waals surface area contributed by atoms with E-state index >= 15 is 0 Å². The number of oxime groups is 1. The van der Waals surface area contributed by atoms with Gasteiger partial charge in [0.15, 0.2) is 5.71 Å². The molecule has 3 atom stereocenters. The van der Waals surface area contributed by atoms with E-state index < -0.39 is 51.4 Å². The van der Waals surface area contributed by atoms with Crippen molar-refractivity contribution in [3.63, 3.8) is 0 Å². The van der Waals surface area contributed by atoms with E-state index in [2.05, 4.69) is 17.4 Å². The number of halogens is 1. The van der Waals surface area contributed by atoms with Crippen LogP contribution in [0.15, 0.2) is 29.4 Å². The highest BCUT2D eigenvalue weighted by molar-refractivity contribution is 8.01. The second-order valence-corrected chi connectivity index (χ2v) is 12.9. The molecule has 1 aliphatic carbocycles. The summed E-state index contributed by atoms with van der Waals surface area (Å²) in [5.41, 5.74) is -0.706. The number of hydrogen-bond acceptors (Lipinski definition) is 6. The molecule has 0 aromatic heterocycles. The lowest BCUT2D eigenvalue weighted by Gasteiger charge is -2.43. The molecule has 0 unspecified atom stereocenters. The van der Waals surface area contributed by atoms with Crippen LogP contribution in [0.25, 0.3) is 0 Å². The topological polar surface area (TPSA) is 108 Å². The van der Waals surface area contributed by atoms with Gasteiger partial charge < -0.3 is 20.2 Å². The fourth-order valence-corrected chi connectivity index (χ4v) is 7.45. The van der Waals surface area contributed by atoms with Crippen molar-refractivity contribution in [2.24, 2.45) is 5.16 Å². The lowest BCUT2D eigenvalue weighted by atomic mass is 9.94. The molecule has 1 saturated carbocycles. The Morgan fingerprint density at radius 3 is 2.53 bits per heavy atom. The maximum Gasteiger partial charge on any atom is 0.327 e. The van der Waals surface area contributed by atoms with E-state index in [-0.39, 0.29) is 11.3 Å². The number of hydrogen-bond donors (Lipinski definition) is 2. The molecule has 2 heterocycles. The molecular formula is C28H38FN3O5S. The van der Waals surface area contributed by atoms with Crippen LogP contribution in [-0.4, -0.2) is 61.3 Å². The molecule has 2 saturated heterocycles. The van der Waals surface area contributed by atoms with Crippen LogP contribution in [0.5, 0.6) is 0 Å². The molecule has 3 fully saturated rings. The van der Waals surface area contributed by atoms with Gasteiger partial charge in [0.2, 0.25) is 5.91 Å². The maximum absolute atomic E-state index is 14.8. The largest absolute Gasteiger partial charge is 0.480 e. The summed E-state index contributed by atoms with van der Waals surface area (Å²) in [4.78, 5) is 45.6. The van der Waals surface area contributed by atoms with E-state index in [9.17, 15) is 23.9 Å². The van der Waals surface area contributed by atoms with Crippen LogP contribution in [0.1, 0.15) is 90.5 Å². The summed E-state index contributed by atoms with van der Waals surface area (Å²) in [6.07, 6.45) is 10.2. The summed E-state index contributed by atoms with van der Waals surface area (Å²) >= 11 is 1.33. The summed E-state index contributed by atoms with van der Waals surface area (Å²) in [5.74, 6) is -2.89. The highest BCUT2D eigenvalue weighted by atomic mass is 32.2. The first-order valence-corrected chi connectivity index (χ1v) is 14.5. The molecule has 10 heteroatoms. The SMILES string of the molecule is CCCCCCCC1(O/N=C(\C(=O)N[C@H]2C(=O)N3[C@@H]2SC(C)(C)[C@@H]3C(=O)O)c2ccccc2F)CCCC1. The minimum absolute atomic E-state index is 0.00691. The van der Waals surface area contributed by atoms with Crippen molar-refractivity contribution < 1.29 is 28.7 Å². The standard InChI is InChI=1S/C28H38FN3O5S/c1-4-5-6-7-10-15-28(16-11-12-17-28)37-31-20(18-13-8-9-14-19(18)29)23(33)30-21-24(34)32-22(26(35)36)27(2,3)38-25(21)32/h8-9,13-14,21-22,25H,4-7,10-12,15-17H2,1-3H3,(H,30,33)(H,35,36)/b31-20-/t21-,22-,25+/m0/s1. The van der Waals surface area contributed by atoms with E-state index in [0.717, 1.165) is 44.9 Å². The molecule has 2 aliphatic heterocycles. The molecule has 1 aromatic carbocycles. The molecule has 2 N–H and O–H groups in total. The van der Waals surface area contributed by atoms with Crippen molar-refractivity contribution in [2.75, 3.05) is 0 Å². The fourth-order valence-electron chi connectivity index (χ4n) is 5.82. The highest BCUT2D eigenvalue weighted by Crippen LogP contribution is 2.50. The third kappa shape index (κ3) is 5.70. The Bertz CT molecular complexity index is 1090. The lowest BCUT2D eigenvalue weighted by Crippen LogP contribution is -2.71. The Morgan fingerprint density at radius 1 is 1.18 bits per heavy atom. The molecule has 4 rings (SSSR count). The molecule has 208 valence electrons. The molecule has 0 bridgehead atoms. The average molecular weight is 548 g/mol. The minimum Gasteiger partial charge on any atom is -0.480 e. The molecular weight excluding hydrogens is 509 g/mol. The van der Waals surface area contributed by atoms with Gasteiger partial charge in [0.25, 0.3) is 5.91 Å². The number of nitrogens with one attached hydrogen (secondary N) is 1. The molecule has 0 spiro atoms. The Kier molecular flexibility index (Phi) is 8.69. The van der Waals surface area contributed by atoms with Gasteiger partial charge in [-0.15, -0.1) is 11.8 Å². The molecule has 3 aliphatic rings. The lowest BCUT2D eigenvalue weighted by molar-refractivity contribution is -0.160. The van der Waals surface area contributed by atoms with Crippen molar-refractivity contribution in [3.05, 3.63) is 35.6 Å². The number of carbonyl (C=O) groups excluding carboxylic acids is 2. The molecule has 2 amide bonds. The predicted octanol–water partition coefficient (Wildman–Crippen LogP) is 4.85. The maximum atomic E-state index is 14.8. The average Bonchev–Trinajstić information content (AvgIpc) is 3.44. The third-order valence-corrected chi connectivity index (χ3v) is 9.46. The van der Waals surface area contributed by atoms with Crippen LogP contribution >= 0.6 is 11.8 Å². The number of nitrogens with zero attached hydrogens (tertiary/aromatic N) is 2. The smallest absolute Gasteiger partial charge is 0.327 e. The molecule has 1 aromatic rings. The van der Waals surface area contributed by atoms with Gasteiger partial charge in [-0.1, -0.05) is 49.9 Å². The van der Waals surface area contributed by atoms with Gasteiger partial charge >= 0.3 is 5.97 Å². The molecule has 38 heavy (non-hydrogen) atoms. The number of carbonyl (C=O) groups is 3. The van der Waals surface area contributed by atoms with Crippen molar-refractivity contribution in [1.29, 1.82) is 0 Å². The van der Waals surface area contributed by atoms with Gasteiger partial charge in [0, 0.05) is 10.3 Å². The zero-order chi connectivity index (χ0) is 27.5. The number of rotatable bonds is 12. The quantitative estimate of drug-likeness (QED) is 0.168. The van der Waals surface area contributed by atoms with Gasteiger partial charge in [0.1, 0.15) is 28.9 Å². The number of carboxylic acid groups (broad SMARTS) is 1. The zero-order valence-corrected chi connectivity index (χ0v) is 23.2. The van der Waals surface area contributed by atoms with Crippen molar-refractivity contribution in [2.45, 2.75) is 113 Å². The second kappa shape index (κ2) is 11.6. The number of thioether (sulfide) groups is 1. The van der Waals surface area contributed by atoms with Gasteiger partial charge in [-0.25, -0.2) is 9.18 Å². The first kappa shape index (κ1) is 28.4. The summed E-state index contributed by atoms with van der Waals surface area (Å²) in [7, 11) is 0. The van der Waals surface area contributed by atoms with E-state index in [4.69, 9.17) is 4.84 Å². The Hall–Kier alpha value is -2.62. The number of unbranched alkanes of at least 4 members (excludes halogenated alkanes) is 4. The van der Waals surface area contributed by atoms with Crippen molar-refractivity contribution >= 4 is 35.3 Å². The van der Waals surface area contributed by atoms with Crippen LogP contribution in [0.3, 0.4) is 0 Å². The molecule has 8 nitrogen and oxygen atoms in total. The first-order valence-electron chi connectivity index (χ1n) is 13.6. The monoisotopic (exact) mass is 547 g/mol. The Labute approximate surface area is 227 Å². The number of benzene rings is 1. The number of aliphatic carboxylic acids is 1. The van der Waals surface area contributed by atoms with Crippen LogP contribution < -0.4 is 5.32 Å². The predicted molar refractivity (Wildman–Crippen MR) is 144 cm³/mol. The van der Waals surface area contributed by atoms with Gasteiger partial charge in [0.05, 0.1) is 0 Å². The number of β-lactam (4-membered cyclic amide) rings is 1. The summed E-state index contributed by atoms with van der Waals surface area (Å²) in [5, 5.41) is 16.1. The van der Waals surface area contributed by atoms with Crippen molar-refractivity contribution in [3.8, 4) is 0 Å². The zero-order valence-electron chi connectivity index (χ0n) is 22.4. The first-order chi connectivity index (χ1) is 18.1. The van der Waals surface area contributed by atoms with E-state index in [1.165, 1.54) is 54.1 Å². The number of amides is 2. The normalized spacial score (nSPS) is 25.6. The third-order valence-electron chi connectivity index (χ3n) is 7.89. The summed E-state index contributed by atoms with van der Waals surface area (Å²) in [6.45, 7) is 5.71. The molecule has 0 radical (unpaired) electrons.